The molecular weight excluding hydrogens is 384 g/mol. The monoisotopic (exact) mass is 414 g/mol. The van der Waals surface area contributed by atoms with Crippen molar-refractivity contribution in [1.82, 2.24) is 30.7 Å². The molecule has 0 bridgehead atoms. The van der Waals surface area contributed by atoms with E-state index >= 15 is 0 Å². The van der Waals surface area contributed by atoms with E-state index in [1.54, 1.807) is 11.8 Å². The van der Waals surface area contributed by atoms with Crippen LogP contribution in [-0.4, -0.2) is 50.3 Å². The largest absolute Gasteiger partial charge is 0.350 e. The molecule has 4 rings (SSSR count). The van der Waals surface area contributed by atoms with Gasteiger partial charge in [-0.15, -0.1) is 0 Å². The molecule has 0 spiro atoms. The number of aryl methyl sites for hydroxylation is 2. The van der Waals surface area contributed by atoms with Gasteiger partial charge in [0.1, 0.15) is 11.4 Å². The quantitative estimate of drug-likeness (QED) is 0.793. The average Bonchev–Trinajstić information content (AvgIpc) is 3.30. The van der Waals surface area contributed by atoms with Gasteiger partial charge in [0.2, 0.25) is 5.91 Å². The molecule has 0 saturated carbocycles. The van der Waals surface area contributed by atoms with Crippen LogP contribution in [-0.2, 0) is 24.2 Å². The third-order valence-electron chi connectivity index (χ3n) is 6.45. The van der Waals surface area contributed by atoms with Crippen molar-refractivity contribution in [3.63, 3.8) is 0 Å². The Kier molecular flexibility index (Phi) is 5.87. The second-order valence-electron chi connectivity index (χ2n) is 8.81. The van der Waals surface area contributed by atoms with Gasteiger partial charge in [0, 0.05) is 24.3 Å². The molecule has 9 nitrogen and oxygen atoms in total. The normalized spacial score (nSPS) is 22.1. The van der Waals surface area contributed by atoms with E-state index in [0.717, 1.165) is 49.8 Å². The molecule has 0 aromatic carbocycles. The lowest BCUT2D eigenvalue weighted by molar-refractivity contribution is -0.132. The maximum atomic E-state index is 13.3. The standard InChI is InChI=1S/C21H30N6O3/c1-14-17(26-30-25-14)12-22-20(29)21(2)10-7-11-27(13-21)19(28)18-15-8-5-3-4-6-9-16(15)23-24-18/h3-13H2,1-2H3,(H,22,29)(H,23,24)/t21-/m1/s1. The van der Waals surface area contributed by atoms with Gasteiger partial charge in [0.15, 0.2) is 5.69 Å². The highest BCUT2D eigenvalue weighted by atomic mass is 16.6. The van der Waals surface area contributed by atoms with Crippen LogP contribution in [0.25, 0.3) is 0 Å². The molecule has 2 amide bonds. The molecule has 1 fully saturated rings. The molecule has 9 heteroatoms. The van der Waals surface area contributed by atoms with Crippen LogP contribution in [0, 0.1) is 12.3 Å². The van der Waals surface area contributed by atoms with Crippen LogP contribution in [0.1, 0.15) is 78.6 Å². The molecule has 2 N–H and O–H groups in total. The summed E-state index contributed by atoms with van der Waals surface area (Å²) in [7, 11) is 0. The number of carbonyl (C=O) groups is 2. The highest BCUT2D eigenvalue weighted by Crippen LogP contribution is 2.31. The first kappa shape index (κ1) is 20.6. The van der Waals surface area contributed by atoms with Gasteiger partial charge in [-0.3, -0.25) is 14.7 Å². The second-order valence-corrected chi connectivity index (χ2v) is 8.81. The summed E-state index contributed by atoms with van der Waals surface area (Å²) in [5.41, 5.74) is 3.35. The Bertz CT molecular complexity index is 920. The molecule has 1 saturated heterocycles. The topological polar surface area (TPSA) is 117 Å². The van der Waals surface area contributed by atoms with Crippen LogP contribution in [0.5, 0.6) is 0 Å². The third-order valence-corrected chi connectivity index (χ3v) is 6.45. The van der Waals surface area contributed by atoms with E-state index in [-0.39, 0.29) is 18.4 Å². The molecule has 30 heavy (non-hydrogen) atoms. The predicted molar refractivity (Wildman–Crippen MR) is 109 cm³/mol. The average molecular weight is 415 g/mol. The fourth-order valence-electron chi connectivity index (χ4n) is 4.55. The van der Waals surface area contributed by atoms with Crippen molar-refractivity contribution in [1.29, 1.82) is 0 Å². The van der Waals surface area contributed by atoms with Crippen LogP contribution >= 0.6 is 0 Å². The van der Waals surface area contributed by atoms with Crippen molar-refractivity contribution in [3.05, 3.63) is 28.3 Å². The zero-order valence-corrected chi connectivity index (χ0v) is 17.8. The minimum Gasteiger partial charge on any atom is -0.350 e. The summed E-state index contributed by atoms with van der Waals surface area (Å²) < 4.78 is 4.69. The molecule has 0 unspecified atom stereocenters. The number of nitrogens with zero attached hydrogens (tertiary/aromatic N) is 4. The zero-order chi connectivity index (χ0) is 21.1. The second kappa shape index (κ2) is 8.57. The van der Waals surface area contributed by atoms with Crippen LogP contribution in [0.3, 0.4) is 0 Å². The van der Waals surface area contributed by atoms with Gasteiger partial charge in [0.25, 0.3) is 5.91 Å². The first-order valence-corrected chi connectivity index (χ1v) is 10.9. The lowest BCUT2D eigenvalue weighted by Gasteiger charge is -2.39. The molecule has 1 aliphatic carbocycles. The maximum Gasteiger partial charge on any atom is 0.274 e. The molecule has 3 heterocycles. The van der Waals surface area contributed by atoms with E-state index in [4.69, 9.17) is 0 Å². The lowest BCUT2D eigenvalue weighted by atomic mass is 9.80. The van der Waals surface area contributed by atoms with E-state index in [1.165, 1.54) is 12.8 Å². The van der Waals surface area contributed by atoms with Crippen LogP contribution in [0.2, 0.25) is 0 Å². The van der Waals surface area contributed by atoms with E-state index in [0.29, 0.717) is 30.2 Å². The first-order chi connectivity index (χ1) is 14.5. The van der Waals surface area contributed by atoms with Gasteiger partial charge in [-0.2, -0.15) is 5.10 Å². The van der Waals surface area contributed by atoms with Gasteiger partial charge >= 0.3 is 0 Å². The van der Waals surface area contributed by atoms with Crippen LogP contribution in [0.15, 0.2) is 4.63 Å². The summed E-state index contributed by atoms with van der Waals surface area (Å²) in [6, 6.07) is 0. The van der Waals surface area contributed by atoms with Crippen molar-refractivity contribution >= 4 is 11.8 Å². The molecular formula is C21H30N6O3. The summed E-state index contributed by atoms with van der Waals surface area (Å²) in [4.78, 5) is 28.1. The molecule has 2 aromatic rings. The number of piperidine rings is 1. The maximum absolute atomic E-state index is 13.3. The van der Waals surface area contributed by atoms with E-state index in [2.05, 4.69) is 30.5 Å². The predicted octanol–water partition coefficient (Wildman–Crippen LogP) is 2.32. The Labute approximate surface area is 175 Å². The Morgan fingerprint density at radius 2 is 1.97 bits per heavy atom. The van der Waals surface area contributed by atoms with Gasteiger partial charge in [0.05, 0.1) is 12.0 Å². The molecule has 162 valence electrons. The van der Waals surface area contributed by atoms with Gasteiger partial charge in [-0.25, -0.2) is 4.63 Å². The number of hydrogen-bond acceptors (Lipinski definition) is 6. The van der Waals surface area contributed by atoms with Crippen molar-refractivity contribution in [3.8, 4) is 0 Å². The Balaban J connectivity index is 1.44. The summed E-state index contributed by atoms with van der Waals surface area (Å²) in [5.74, 6) is -0.150. The van der Waals surface area contributed by atoms with Crippen molar-refractivity contribution in [2.24, 2.45) is 5.41 Å². The highest BCUT2D eigenvalue weighted by Gasteiger charge is 2.40. The Morgan fingerprint density at radius 3 is 2.73 bits per heavy atom. The minimum atomic E-state index is -0.649. The fourth-order valence-corrected chi connectivity index (χ4v) is 4.55. The number of rotatable bonds is 4. The smallest absolute Gasteiger partial charge is 0.274 e. The van der Waals surface area contributed by atoms with E-state index in [1.807, 2.05) is 6.92 Å². The van der Waals surface area contributed by atoms with E-state index in [9.17, 15) is 9.59 Å². The van der Waals surface area contributed by atoms with Gasteiger partial charge in [-0.1, -0.05) is 23.2 Å². The fraction of sp³-hybridized carbons (Fsp3) is 0.667. The molecule has 1 aliphatic heterocycles. The zero-order valence-electron chi connectivity index (χ0n) is 17.8. The molecule has 2 aliphatic rings. The van der Waals surface area contributed by atoms with Crippen molar-refractivity contribution in [2.75, 3.05) is 13.1 Å². The Morgan fingerprint density at radius 1 is 1.17 bits per heavy atom. The molecule has 1 atom stereocenters. The molecule has 0 radical (unpaired) electrons. The number of hydrogen-bond donors (Lipinski definition) is 2. The minimum absolute atomic E-state index is 0.0663. The van der Waals surface area contributed by atoms with E-state index < -0.39 is 5.41 Å². The SMILES string of the molecule is Cc1nonc1CNC(=O)[C@]1(C)CCCN(C(=O)c2n[nH]c3c2CCCCCC3)C1. The highest BCUT2D eigenvalue weighted by molar-refractivity contribution is 5.95. The number of likely N-dealkylation sites (tertiary alicyclic amines) is 1. The first-order valence-electron chi connectivity index (χ1n) is 10.9. The Hall–Kier alpha value is -2.71. The summed E-state index contributed by atoms with van der Waals surface area (Å²) in [5, 5.41) is 18.0. The number of carbonyl (C=O) groups excluding carboxylic acids is 2. The molecule has 2 aromatic heterocycles. The number of fused-ring (bicyclic) bond motifs is 1. The summed E-state index contributed by atoms with van der Waals surface area (Å²) >= 11 is 0. The number of amides is 2. The van der Waals surface area contributed by atoms with Gasteiger partial charge in [-0.05, 0) is 52.4 Å². The van der Waals surface area contributed by atoms with Crippen molar-refractivity contribution in [2.45, 2.75) is 71.8 Å². The number of H-pyrrole nitrogens is 1. The van der Waals surface area contributed by atoms with Gasteiger partial charge < -0.3 is 10.2 Å². The van der Waals surface area contributed by atoms with Crippen molar-refractivity contribution < 1.29 is 14.2 Å². The van der Waals surface area contributed by atoms with Crippen LogP contribution in [0.4, 0.5) is 0 Å². The number of aromatic amines is 1. The number of nitrogens with one attached hydrogen (secondary N) is 2. The third kappa shape index (κ3) is 4.11. The van der Waals surface area contributed by atoms with Crippen LogP contribution < -0.4 is 5.32 Å². The number of aromatic nitrogens is 4. The summed E-state index contributed by atoms with van der Waals surface area (Å²) in [6.45, 7) is 5.01. The lowest BCUT2D eigenvalue weighted by Crippen LogP contribution is -2.52. The summed E-state index contributed by atoms with van der Waals surface area (Å²) in [6.07, 6.45) is 8.00.